The highest BCUT2D eigenvalue weighted by Gasteiger charge is 1.94. The summed E-state index contributed by atoms with van der Waals surface area (Å²) in [7, 11) is 0. The van der Waals surface area contributed by atoms with Crippen LogP contribution in [0.3, 0.4) is 0 Å². The monoisotopic (exact) mass is 190 g/mol. The van der Waals surface area contributed by atoms with Crippen molar-refractivity contribution in [2.75, 3.05) is 6.54 Å². The number of aryl methyl sites for hydroxylation is 1. The molecule has 0 spiro atoms. The molecular formula is C12H18N2. The Balaban J connectivity index is 2.64. The zero-order valence-corrected chi connectivity index (χ0v) is 9.12. The van der Waals surface area contributed by atoms with Gasteiger partial charge in [-0.25, -0.2) is 0 Å². The maximum absolute atomic E-state index is 4.10. The summed E-state index contributed by atoms with van der Waals surface area (Å²) in [6, 6.07) is 2.44. The highest BCUT2D eigenvalue weighted by molar-refractivity contribution is 5.52. The molecule has 1 aromatic heterocycles. The smallest absolute Gasteiger partial charge is 0.0342 e. The van der Waals surface area contributed by atoms with Gasteiger partial charge in [0.1, 0.15) is 0 Å². The topological polar surface area (TPSA) is 24.9 Å². The van der Waals surface area contributed by atoms with Crippen molar-refractivity contribution < 1.29 is 0 Å². The van der Waals surface area contributed by atoms with Crippen LogP contribution in [0.4, 0.5) is 0 Å². The van der Waals surface area contributed by atoms with Crippen LogP contribution in [-0.2, 0) is 0 Å². The maximum atomic E-state index is 4.10. The SMILES string of the molecule is CCNC(C)/C=C/c1cnccc1C. The molecule has 1 aromatic rings. The van der Waals surface area contributed by atoms with E-state index in [1.54, 1.807) is 0 Å². The lowest BCUT2D eigenvalue weighted by Gasteiger charge is -2.06. The van der Waals surface area contributed by atoms with E-state index in [-0.39, 0.29) is 0 Å². The Kier molecular flexibility index (Phi) is 4.33. The Bertz CT molecular complexity index is 305. The highest BCUT2D eigenvalue weighted by atomic mass is 14.9. The molecule has 0 amide bonds. The number of pyridine rings is 1. The van der Waals surface area contributed by atoms with Crippen LogP contribution >= 0.6 is 0 Å². The minimum Gasteiger partial charge on any atom is -0.311 e. The lowest BCUT2D eigenvalue weighted by Crippen LogP contribution is -2.22. The first-order chi connectivity index (χ1) is 6.74. The van der Waals surface area contributed by atoms with Gasteiger partial charge in [-0.2, -0.15) is 0 Å². The molecular weight excluding hydrogens is 172 g/mol. The molecule has 1 N–H and O–H groups in total. The van der Waals surface area contributed by atoms with Gasteiger partial charge in [0.15, 0.2) is 0 Å². The van der Waals surface area contributed by atoms with E-state index in [9.17, 15) is 0 Å². The number of nitrogens with zero attached hydrogens (tertiary/aromatic N) is 1. The van der Waals surface area contributed by atoms with E-state index in [0.717, 1.165) is 6.54 Å². The molecule has 0 radical (unpaired) electrons. The van der Waals surface area contributed by atoms with Gasteiger partial charge in [0.05, 0.1) is 0 Å². The Morgan fingerprint density at radius 2 is 2.36 bits per heavy atom. The molecule has 0 aliphatic carbocycles. The van der Waals surface area contributed by atoms with E-state index < -0.39 is 0 Å². The number of aromatic nitrogens is 1. The van der Waals surface area contributed by atoms with Crippen LogP contribution in [0.1, 0.15) is 25.0 Å². The van der Waals surface area contributed by atoms with Gasteiger partial charge in [-0.15, -0.1) is 0 Å². The van der Waals surface area contributed by atoms with Crippen LogP contribution in [0.5, 0.6) is 0 Å². The van der Waals surface area contributed by atoms with Crippen molar-refractivity contribution in [3.63, 3.8) is 0 Å². The summed E-state index contributed by atoms with van der Waals surface area (Å²) in [5.41, 5.74) is 2.46. The van der Waals surface area contributed by atoms with Crippen LogP contribution in [0.25, 0.3) is 6.08 Å². The van der Waals surface area contributed by atoms with Crippen molar-refractivity contribution in [3.8, 4) is 0 Å². The molecule has 0 saturated carbocycles. The van der Waals surface area contributed by atoms with Crippen LogP contribution in [0.2, 0.25) is 0 Å². The van der Waals surface area contributed by atoms with Crippen molar-refractivity contribution in [2.24, 2.45) is 0 Å². The van der Waals surface area contributed by atoms with Crippen molar-refractivity contribution in [2.45, 2.75) is 26.8 Å². The third kappa shape index (κ3) is 3.30. The zero-order chi connectivity index (χ0) is 10.4. The predicted octanol–water partition coefficient (Wildman–Crippen LogP) is 2.40. The first-order valence-corrected chi connectivity index (χ1v) is 5.06. The van der Waals surface area contributed by atoms with E-state index in [2.05, 4.69) is 43.2 Å². The van der Waals surface area contributed by atoms with Gasteiger partial charge in [0, 0.05) is 18.4 Å². The average Bonchev–Trinajstić information content (AvgIpc) is 2.17. The van der Waals surface area contributed by atoms with Crippen molar-refractivity contribution in [1.29, 1.82) is 0 Å². The van der Waals surface area contributed by atoms with Gasteiger partial charge < -0.3 is 5.32 Å². The molecule has 2 nitrogen and oxygen atoms in total. The minimum atomic E-state index is 0.416. The Morgan fingerprint density at radius 1 is 1.57 bits per heavy atom. The van der Waals surface area contributed by atoms with E-state index in [4.69, 9.17) is 0 Å². The molecule has 1 atom stereocenters. The molecule has 0 aliphatic heterocycles. The lowest BCUT2D eigenvalue weighted by atomic mass is 10.1. The normalized spacial score (nSPS) is 13.4. The van der Waals surface area contributed by atoms with Gasteiger partial charge in [-0.05, 0) is 37.6 Å². The second-order valence-corrected chi connectivity index (χ2v) is 3.44. The van der Waals surface area contributed by atoms with Crippen molar-refractivity contribution >= 4 is 6.08 Å². The van der Waals surface area contributed by atoms with Gasteiger partial charge >= 0.3 is 0 Å². The van der Waals surface area contributed by atoms with Gasteiger partial charge in [-0.3, -0.25) is 4.98 Å². The summed E-state index contributed by atoms with van der Waals surface area (Å²) in [5, 5.41) is 3.33. The zero-order valence-electron chi connectivity index (χ0n) is 9.12. The van der Waals surface area contributed by atoms with Gasteiger partial charge in [0.25, 0.3) is 0 Å². The molecule has 1 unspecified atom stereocenters. The number of hydrogen-bond acceptors (Lipinski definition) is 2. The fourth-order valence-corrected chi connectivity index (χ4v) is 1.29. The van der Waals surface area contributed by atoms with E-state index in [1.807, 2.05) is 18.5 Å². The van der Waals surface area contributed by atoms with E-state index in [1.165, 1.54) is 11.1 Å². The van der Waals surface area contributed by atoms with Gasteiger partial charge in [0.2, 0.25) is 0 Å². The maximum Gasteiger partial charge on any atom is 0.0342 e. The summed E-state index contributed by atoms with van der Waals surface area (Å²) in [6.07, 6.45) is 7.99. The summed E-state index contributed by atoms with van der Waals surface area (Å²) in [6.45, 7) is 7.35. The molecule has 1 heterocycles. The molecule has 0 bridgehead atoms. The number of likely N-dealkylation sites (N-methyl/N-ethyl adjacent to an activating group) is 1. The first-order valence-electron chi connectivity index (χ1n) is 5.06. The molecule has 2 heteroatoms. The summed E-state index contributed by atoms with van der Waals surface area (Å²) in [4.78, 5) is 4.10. The Hall–Kier alpha value is -1.15. The number of nitrogens with one attached hydrogen (secondary N) is 1. The lowest BCUT2D eigenvalue weighted by molar-refractivity contribution is 0.663. The summed E-state index contributed by atoms with van der Waals surface area (Å²) < 4.78 is 0. The standard InChI is InChI=1S/C12H18N2/c1-4-14-11(3)5-6-12-9-13-8-7-10(12)2/h5-9,11,14H,4H2,1-3H3/b6-5+. The van der Waals surface area contributed by atoms with Crippen LogP contribution in [-0.4, -0.2) is 17.6 Å². The van der Waals surface area contributed by atoms with Crippen molar-refractivity contribution in [3.05, 3.63) is 35.7 Å². The molecule has 76 valence electrons. The molecule has 14 heavy (non-hydrogen) atoms. The number of rotatable bonds is 4. The largest absolute Gasteiger partial charge is 0.311 e. The summed E-state index contributed by atoms with van der Waals surface area (Å²) in [5.74, 6) is 0. The Morgan fingerprint density at radius 3 is 3.00 bits per heavy atom. The minimum absolute atomic E-state index is 0.416. The first kappa shape index (κ1) is 10.9. The molecule has 1 rings (SSSR count). The fraction of sp³-hybridized carbons (Fsp3) is 0.417. The van der Waals surface area contributed by atoms with Crippen LogP contribution in [0, 0.1) is 6.92 Å². The van der Waals surface area contributed by atoms with Crippen LogP contribution < -0.4 is 5.32 Å². The van der Waals surface area contributed by atoms with E-state index >= 15 is 0 Å². The summed E-state index contributed by atoms with van der Waals surface area (Å²) >= 11 is 0. The Labute approximate surface area is 86.1 Å². The molecule has 0 fully saturated rings. The van der Waals surface area contributed by atoms with Crippen LogP contribution in [0.15, 0.2) is 24.5 Å². The third-order valence-electron chi connectivity index (χ3n) is 2.17. The molecule has 0 saturated heterocycles. The fourth-order valence-electron chi connectivity index (χ4n) is 1.29. The second kappa shape index (κ2) is 5.55. The molecule has 0 aliphatic rings. The highest BCUT2D eigenvalue weighted by Crippen LogP contribution is 2.07. The second-order valence-electron chi connectivity index (χ2n) is 3.44. The quantitative estimate of drug-likeness (QED) is 0.788. The molecule has 0 aromatic carbocycles. The number of hydrogen-bond donors (Lipinski definition) is 1. The van der Waals surface area contributed by atoms with Gasteiger partial charge in [-0.1, -0.05) is 19.1 Å². The van der Waals surface area contributed by atoms with Crippen molar-refractivity contribution in [1.82, 2.24) is 10.3 Å². The average molecular weight is 190 g/mol. The third-order valence-corrected chi connectivity index (χ3v) is 2.17. The van der Waals surface area contributed by atoms with E-state index in [0.29, 0.717) is 6.04 Å². The predicted molar refractivity (Wildman–Crippen MR) is 61.1 cm³/mol.